The van der Waals surface area contributed by atoms with E-state index in [0.717, 1.165) is 43.3 Å². The molecule has 0 spiro atoms. The van der Waals surface area contributed by atoms with Crippen LogP contribution in [0.5, 0.6) is 0 Å². The van der Waals surface area contributed by atoms with Gasteiger partial charge >= 0.3 is 0 Å². The number of fused-ring (bicyclic) bond motifs is 1. The molecule has 9 heteroatoms. The Hall–Kier alpha value is -2.81. The topological polar surface area (TPSA) is 108 Å². The summed E-state index contributed by atoms with van der Waals surface area (Å²) in [6, 6.07) is 1.34. The molecule has 0 aromatic heterocycles. The van der Waals surface area contributed by atoms with Crippen LogP contribution in [-0.4, -0.2) is 54.2 Å². The molecule has 2 saturated heterocycles. The molecule has 4 rings (SSSR count). The number of anilines is 1. The van der Waals surface area contributed by atoms with Crippen molar-refractivity contribution in [2.24, 2.45) is 5.92 Å². The minimum Gasteiger partial charge on any atom is -0.383 e. The number of piperidine rings is 2. The molecule has 0 bridgehead atoms. The molecule has 1 unspecified atom stereocenters. The van der Waals surface area contributed by atoms with Crippen LogP contribution in [-0.2, 0) is 9.59 Å². The Balaban J connectivity index is 1.48. The van der Waals surface area contributed by atoms with Crippen molar-refractivity contribution < 1.29 is 23.6 Å². The van der Waals surface area contributed by atoms with Gasteiger partial charge < -0.3 is 10.6 Å². The normalized spacial score (nSPS) is 22.7. The Morgan fingerprint density at radius 3 is 2.41 bits per heavy atom. The second-order valence-electron chi connectivity index (χ2n) is 7.73. The Labute approximate surface area is 167 Å². The molecule has 1 aromatic carbocycles. The van der Waals surface area contributed by atoms with Crippen molar-refractivity contribution in [1.29, 1.82) is 0 Å². The zero-order valence-electron chi connectivity index (χ0n) is 15.9. The van der Waals surface area contributed by atoms with E-state index in [-0.39, 0.29) is 29.7 Å². The molecule has 29 heavy (non-hydrogen) atoms. The molecule has 3 N–H and O–H groups in total. The first kappa shape index (κ1) is 19.5. The number of benzene rings is 1. The lowest BCUT2D eigenvalue weighted by Gasteiger charge is -2.27. The minimum atomic E-state index is -1.06. The van der Waals surface area contributed by atoms with Crippen molar-refractivity contribution in [3.05, 3.63) is 29.1 Å². The number of hydrogen-bond acceptors (Lipinski definition) is 6. The van der Waals surface area contributed by atoms with E-state index in [1.807, 2.05) is 0 Å². The van der Waals surface area contributed by atoms with Crippen LogP contribution in [0.4, 0.5) is 10.1 Å². The van der Waals surface area contributed by atoms with Crippen LogP contribution in [0.2, 0.25) is 0 Å². The molecule has 3 aliphatic rings. The summed E-state index contributed by atoms with van der Waals surface area (Å²) >= 11 is 0. The first-order valence-corrected chi connectivity index (χ1v) is 9.95. The maximum Gasteiger partial charge on any atom is 0.262 e. The number of imide groups is 2. The highest BCUT2D eigenvalue weighted by molar-refractivity contribution is 6.23. The van der Waals surface area contributed by atoms with Crippen molar-refractivity contribution >= 4 is 29.3 Å². The van der Waals surface area contributed by atoms with Crippen LogP contribution in [0.1, 0.15) is 52.8 Å². The summed E-state index contributed by atoms with van der Waals surface area (Å²) in [5.41, 5.74) is 0.190. The largest absolute Gasteiger partial charge is 0.383 e. The van der Waals surface area contributed by atoms with Gasteiger partial charge in [-0.25, -0.2) is 4.39 Å². The van der Waals surface area contributed by atoms with E-state index in [2.05, 4.69) is 16.0 Å². The van der Waals surface area contributed by atoms with Gasteiger partial charge in [0.15, 0.2) is 0 Å². The standard InChI is InChI=1S/C20H23FN4O4/c21-14-9-12-13(10-15(14)23-8-5-11-3-6-22-7-4-11)20(29)25(19(12)28)16-1-2-17(26)24-18(16)27/h9-11,16,22-23H,1-8H2,(H,24,26,27). The first-order chi connectivity index (χ1) is 14.0. The zero-order valence-corrected chi connectivity index (χ0v) is 15.9. The number of hydrogen-bond donors (Lipinski definition) is 3. The second kappa shape index (κ2) is 7.90. The van der Waals surface area contributed by atoms with Crippen LogP contribution in [0.3, 0.4) is 0 Å². The number of carbonyl (C=O) groups excluding carboxylic acids is 4. The highest BCUT2D eigenvalue weighted by Gasteiger charge is 2.45. The van der Waals surface area contributed by atoms with E-state index in [9.17, 15) is 23.6 Å². The van der Waals surface area contributed by atoms with Gasteiger partial charge in [0.1, 0.15) is 11.9 Å². The molecule has 1 atom stereocenters. The molecular weight excluding hydrogens is 379 g/mol. The van der Waals surface area contributed by atoms with Gasteiger partial charge in [-0.2, -0.15) is 0 Å². The summed E-state index contributed by atoms with van der Waals surface area (Å²) in [7, 11) is 0. The highest BCUT2D eigenvalue weighted by Crippen LogP contribution is 2.31. The fourth-order valence-corrected chi connectivity index (χ4v) is 4.21. The minimum absolute atomic E-state index is 0.0433. The second-order valence-corrected chi connectivity index (χ2v) is 7.73. The molecule has 4 amide bonds. The Kier molecular flexibility index (Phi) is 5.31. The lowest BCUT2D eigenvalue weighted by Crippen LogP contribution is -2.54. The maximum atomic E-state index is 14.5. The summed E-state index contributed by atoms with van der Waals surface area (Å²) in [4.78, 5) is 49.7. The predicted molar refractivity (Wildman–Crippen MR) is 102 cm³/mol. The van der Waals surface area contributed by atoms with Crippen LogP contribution in [0.15, 0.2) is 12.1 Å². The number of carbonyl (C=O) groups is 4. The summed E-state index contributed by atoms with van der Waals surface area (Å²) < 4.78 is 14.5. The van der Waals surface area contributed by atoms with E-state index in [1.54, 1.807) is 0 Å². The van der Waals surface area contributed by atoms with E-state index >= 15 is 0 Å². The number of amides is 4. The summed E-state index contributed by atoms with van der Waals surface area (Å²) in [5.74, 6) is -2.50. The van der Waals surface area contributed by atoms with Gasteiger partial charge in [-0.15, -0.1) is 0 Å². The van der Waals surface area contributed by atoms with Crippen LogP contribution < -0.4 is 16.0 Å². The Morgan fingerprint density at radius 2 is 1.72 bits per heavy atom. The van der Waals surface area contributed by atoms with Crippen molar-refractivity contribution in [1.82, 2.24) is 15.5 Å². The Morgan fingerprint density at radius 1 is 1.03 bits per heavy atom. The molecular formula is C20H23FN4O4. The third-order valence-electron chi connectivity index (χ3n) is 5.85. The summed E-state index contributed by atoms with van der Waals surface area (Å²) in [6.45, 7) is 2.55. The number of nitrogens with zero attached hydrogens (tertiary/aromatic N) is 1. The van der Waals surface area contributed by atoms with Gasteiger partial charge in [0.2, 0.25) is 11.8 Å². The SMILES string of the molecule is O=C1CCC(N2C(=O)c3cc(F)c(NCCC4CCNCC4)cc3C2=O)C(=O)N1. The molecule has 3 heterocycles. The van der Waals surface area contributed by atoms with Gasteiger partial charge in [-0.05, 0) is 56.8 Å². The van der Waals surface area contributed by atoms with Crippen molar-refractivity contribution in [3.8, 4) is 0 Å². The fraction of sp³-hybridized carbons (Fsp3) is 0.500. The molecule has 1 aromatic rings. The highest BCUT2D eigenvalue weighted by atomic mass is 19.1. The van der Waals surface area contributed by atoms with E-state index in [4.69, 9.17) is 0 Å². The van der Waals surface area contributed by atoms with Gasteiger partial charge in [0.05, 0.1) is 16.8 Å². The maximum absolute atomic E-state index is 14.5. The van der Waals surface area contributed by atoms with Gasteiger partial charge in [-0.3, -0.25) is 29.4 Å². The molecule has 3 aliphatic heterocycles. The smallest absolute Gasteiger partial charge is 0.262 e. The first-order valence-electron chi connectivity index (χ1n) is 9.95. The third-order valence-corrected chi connectivity index (χ3v) is 5.85. The molecule has 8 nitrogen and oxygen atoms in total. The molecule has 2 fully saturated rings. The zero-order chi connectivity index (χ0) is 20.5. The van der Waals surface area contributed by atoms with E-state index in [1.165, 1.54) is 6.07 Å². The van der Waals surface area contributed by atoms with Crippen molar-refractivity contribution in [2.45, 2.75) is 38.1 Å². The Bertz CT molecular complexity index is 881. The number of halogens is 1. The lowest BCUT2D eigenvalue weighted by molar-refractivity contribution is -0.136. The molecule has 0 aliphatic carbocycles. The number of rotatable bonds is 5. The quantitative estimate of drug-likeness (QED) is 0.635. The number of nitrogens with one attached hydrogen (secondary N) is 3. The van der Waals surface area contributed by atoms with Gasteiger partial charge in [0, 0.05) is 13.0 Å². The molecule has 154 valence electrons. The predicted octanol–water partition coefficient (Wildman–Crippen LogP) is 1.03. The third kappa shape index (κ3) is 3.74. The molecule has 0 saturated carbocycles. The van der Waals surface area contributed by atoms with Gasteiger partial charge in [-0.1, -0.05) is 0 Å². The summed E-state index contributed by atoms with van der Waals surface area (Å²) in [5, 5.41) is 8.48. The van der Waals surface area contributed by atoms with Crippen molar-refractivity contribution in [3.63, 3.8) is 0 Å². The fourth-order valence-electron chi connectivity index (χ4n) is 4.21. The average Bonchev–Trinajstić information content (AvgIpc) is 2.93. The summed E-state index contributed by atoms with van der Waals surface area (Å²) in [6.07, 6.45) is 3.18. The monoisotopic (exact) mass is 402 g/mol. The van der Waals surface area contributed by atoms with Crippen LogP contribution >= 0.6 is 0 Å². The average molecular weight is 402 g/mol. The van der Waals surface area contributed by atoms with Crippen LogP contribution in [0.25, 0.3) is 0 Å². The van der Waals surface area contributed by atoms with Gasteiger partial charge in [0.25, 0.3) is 11.8 Å². The van der Waals surface area contributed by atoms with Crippen LogP contribution in [0, 0.1) is 11.7 Å². The van der Waals surface area contributed by atoms with E-state index in [0.29, 0.717) is 12.5 Å². The van der Waals surface area contributed by atoms with E-state index < -0.39 is 35.5 Å². The lowest BCUT2D eigenvalue weighted by atomic mass is 9.95. The molecule has 0 radical (unpaired) electrons. The van der Waals surface area contributed by atoms with Crippen molar-refractivity contribution in [2.75, 3.05) is 25.0 Å².